The Morgan fingerprint density at radius 1 is 1.43 bits per heavy atom. The molecule has 0 unspecified atom stereocenters. The van der Waals surface area contributed by atoms with Crippen LogP contribution in [-0.2, 0) is 9.53 Å². The third kappa shape index (κ3) is 3.42. The van der Waals surface area contributed by atoms with E-state index in [-0.39, 0.29) is 12.5 Å². The predicted molar refractivity (Wildman–Crippen MR) is 78.8 cm³/mol. The second-order valence-corrected chi connectivity index (χ2v) is 6.16. The van der Waals surface area contributed by atoms with E-state index in [2.05, 4.69) is 6.07 Å². The molecule has 0 atom stereocenters. The molecule has 5 nitrogen and oxygen atoms in total. The highest BCUT2D eigenvalue weighted by atomic mass is 32.1. The second-order valence-electron chi connectivity index (χ2n) is 5.21. The maximum Gasteiger partial charge on any atom is 0.348 e. The van der Waals surface area contributed by atoms with Crippen LogP contribution in [0.4, 0.5) is 0 Å². The van der Waals surface area contributed by atoms with E-state index >= 15 is 0 Å². The smallest absolute Gasteiger partial charge is 0.348 e. The van der Waals surface area contributed by atoms with Crippen molar-refractivity contribution in [2.24, 2.45) is 0 Å². The van der Waals surface area contributed by atoms with Gasteiger partial charge in [0.05, 0.1) is 6.07 Å². The first-order chi connectivity index (χ1) is 10.1. The monoisotopic (exact) mass is 306 g/mol. The van der Waals surface area contributed by atoms with Crippen LogP contribution in [0.1, 0.15) is 41.8 Å². The zero-order chi connectivity index (χ0) is 15.3. The molecule has 112 valence electrons. The van der Waals surface area contributed by atoms with Crippen LogP contribution >= 0.6 is 11.3 Å². The van der Waals surface area contributed by atoms with Crippen molar-refractivity contribution in [3.8, 4) is 6.07 Å². The van der Waals surface area contributed by atoms with E-state index in [0.29, 0.717) is 17.7 Å². The molecule has 0 radical (unpaired) electrons. The van der Waals surface area contributed by atoms with Crippen LogP contribution in [0.25, 0.3) is 0 Å². The Morgan fingerprint density at radius 2 is 2.14 bits per heavy atom. The third-order valence-electron chi connectivity index (χ3n) is 3.95. The summed E-state index contributed by atoms with van der Waals surface area (Å²) < 4.78 is 5.02. The van der Waals surface area contributed by atoms with Crippen LogP contribution in [0.3, 0.4) is 0 Å². The quantitative estimate of drug-likeness (QED) is 0.802. The van der Waals surface area contributed by atoms with Gasteiger partial charge in [-0.1, -0.05) is 25.3 Å². The third-order valence-corrected chi connectivity index (χ3v) is 4.80. The van der Waals surface area contributed by atoms with Crippen molar-refractivity contribution in [3.05, 3.63) is 22.4 Å². The SMILES string of the molecule is CN(C(=O)COC(=O)c1cccs1)C1(C#N)CCCCC1. The zero-order valence-electron chi connectivity index (χ0n) is 12.0. The molecule has 0 aliphatic heterocycles. The molecule has 0 saturated heterocycles. The molecule has 1 aromatic heterocycles. The molecule has 0 N–H and O–H groups in total. The molecular weight excluding hydrogens is 288 g/mol. The summed E-state index contributed by atoms with van der Waals surface area (Å²) in [4.78, 5) is 25.8. The van der Waals surface area contributed by atoms with Crippen LogP contribution in [-0.4, -0.2) is 36.0 Å². The van der Waals surface area contributed by atoms with E-state index in [1.807, 2.05) is 0 Å². The number of nitrogens with zero attached hydrogens (tertiary/aromatic N) is 2. The molecule has 1 aliphatic rings. The highest BCUT2D eigenvalue weighted by Crippen LogP contribution is 2.32. The molecular formula is C15H18N2O3S. The fourth-order valence-electron chi connectivity index (χ4n) is 2.59. The van der Waals surface area contributed by atoms with E-state index in [1.165, 1.54) is 16.2 Å². The highest BCUT2D eigenvalue weighted by molar-refractivity contribution is 7.11. The summed E-state index contributed by atoms with van der Waals surface area (Å²) in [6.45, 7) is -0.323. The second kappa shape index (κ2) is 6.72. The summed E-state index contributed by atoms with van der Waals surface area (Å²) in [6.07, 6.45) is 4.36. The fourth-order valence-corrected chi connectivity index (χ4v) is 3.20. The van der Waals surface area contributed by atoms with E-state index in [1.54, 1.807) is 24.6 Å². The number of esters is 1. The average molecular weight is 306 g/mol. The lowest BCUT2D eigenvalue weighted by Gasteiger charge is -2.38. The number of rotatable bonds is 4. The summed E-state index contributed by atoms with van der Waals surface area (Å²) in [5, 5.41) is 11.2. The van der Waals surface area contributed by atoms with Crippen molar-refractivity contribution in [1.29, 1.82) is 5.26 Å². The first-order valence-electron chi connectivity index (χ1n) is 6.97. The number of thiophene rings is 1. The number of ether oxygens (including phenoxy) is 1. The molecule has 0 aromatic carbocycles. The van der Waals surface area contributed by atoms with Gasteiger partial charge in [-0.3, -0.25) is 4.79 Å². The van der Waals surface area contributed by atoms with Crippen molar-refractivity contribution >= 4 is 23.2 Å². The maximum atomic E-state index is 12.2. The van der Waals surface area contributed by atoms with Crippen molar-refractivity contribution in [1.82, 2.24) is 4.90 Å². The minimum Gasteiger partial charge on any atom is -0.451 e. The standard InChI is InChI=1S/C15H18N2O3S/c1-17(15(11-16)7-3-2-4-8-15)13(18)10-20-14(19)12-6-5-9-21-12/h5-6,9H,2-4,7-8,10H2,1H3. The maximum absolute atomic E-state index is 12.2. The minimum absolute atomic E-state index is 0.323. The number of nitriles is 1. The van der Waals surface area contributed by atoms with Gasteiger partial charge in [0.2, 0.25) is 0 Å². The number of amides is 1. The van der Waals surface area contributed by atoms with Gasteiger partial charge in [-0.2, -0.15) is 5.26 Å². The largest absolute Gasteiger partial charge is 0.451 e. The van der Waals surface area contributed by atoms with Gasteiger partial charge in [0.15, 0.2) is 6.61 Å². The topological polar surface area (TPSA) is 70.4 Å². The van der Waals surface area contributed by atoms with Crippen molar-refractivity contribution < 1.29 is 14.3 Å². The van der Waals surface area contributed by atoms with Crippen LogP contribution in [0.15, 0.2) is 17.5 Å². The molecule has 6 heteroatoms. The summed E-state index contributed by atoms with van der Waals surface area (Å²) in [6, 6.07) is 5.68. The molecule has 1 saturated carbocycles. The molecule has 2 rings (SSSR count). The van der Waals surface area contributed by atoms with E-state index in [0.717, 1.165) is 19.3 Å². The number of hydrogen-bond acceptors (Lipinski definition) is 5. The number of carbonyl (C=O) groups is 2. The Morgan fingerprint density at radius 3 is 2.71 bits per heavy atom. The van der Waals surface area contributed by atoms with Crippen LogP contribution < -0.4 is 0 Å². The normalized spacial score (nSPS) is 16.8. The van der Waals surface area contributed by atoms with Crippen LogP contribution in [0, 0.1) is 11.3 Å². The molecule has 0 bridgehead atoms. The fraction of sp³-hybridized carbons (Fsp3) is 0.533. The Balaban J connectivity index is 1.93. The van der Waals surface area contributed by atoms with Gasteiger partial charge < -0.3 is 9.64 Å². The minimum atomic E-state index is -0.745. The van der Waals surface area contributed by atoms with Gasteiger partial charge >= 0.3 is 5.97 Å². The Kier molecular flexibility index (Phi) is 4.97. The lowest BCUT2D eigenvalue weighted by Crippen LogP contribution is -2.51. The lowest BCUT2D eigenvalue weighted by atomic mass is 9.81. The first kappa shape index (κ1) is 15.5. The van der Waals surface area contributed by atoms with Gasteiger partial charge in [-0.15, -0.1) is 11.3 Å². The summed E-state index contributed by atoms with van der Waals surface area (Å²) in [7, 11) is 1.62. The van der Waals surface area contributed by atoms with E-state index < -0.39 is 11.5 Å². The zero-order valence-corrected chi connectivity index (χ0v) is 12.8. The lowest BCUT2D eigenvalue weighted by molar-refractivity contribution is -0.138. The van der Waals surface area contributed by atoms with Crippen molar-refractivity contribution in [2.75, 3.05) is 13.7 Å². The van der Waals surface area contributed by atoms with Gasteiger partial charge in [0.25, 0.3) is 5.91 Å². The van der Waals surface area contributed by atoms with Gasteiger partial charge in [-0.05, 0) is 24.3 Å². The van der Waals surface area contributed by atoms with Crippen molar-refractivity contribution in [2.45, 2.75) is 37.6 Å². The average Bonchev–Trinajstić information content (AvgIpc) is 3.06. The first-order valence-corrected chi connectivity index (χ1v) is 7.85. The molecule has 1 amide bonds. The highest BCUT2D eigenvalue weighted by Gasteiger charge is 2.38. The Bertz CT molecular complexity index is 542. The Labute approximate surface area is 128 Å². The molecule has 1 aromatic rings. The van der Waals surface area contributed by atoms with E-state index in [9.17, 15) is 14.9 Å². The van der Waals surface area contributed by atoms with Crippen molar-refractivity contribution in [3.63, 3.8) is 0 Å². The predicted octanol–water partition coefficient (Wildman–Crippen LogP) is 2.59. The number of carbonyl (C=O) groups excluding carboxylic acids is 2. The summed E-state index contributed by atoms with van der Waals surface area (Å²) in [5.41, 5.74) is -0.745. The van der Waals surface area contributed by atoms with Crippen LogP contribution in [0.2, 0.25) is 0 Å². The van der Waals surface area contributed by atoms with Gasteiger partial charge in [0, 0.05) is 7.05 Å². The van der Waals surface area contributed by atoms with Gasteiger partial charge in [-0.25, -0.2) is 4.79 Å². The molecule has 0 spiro atoms. The molecule has 1 heterocycles. The summed E-state index contributed by atoms with van der Waals surface area (Å²) in [5.74, 6) is -0.829. The molecule has 21 heavy (non-hydrogen) atoms. The number of likely N-dealkylation sites (N-methyl/N-ethyl adjacent to an activating group) is 1. The number of hydrogen-bond donors (Lipinski definition) is 0. The molecule has 1 fully saturated rings. The molecule has 1 aliphatic carbocycles. The van der Waals surface area contributed by atoms with Gasteiger partial charge in [0.1, 0.15) is 10.4 Å². The van der Waals surface area contributed by atoms with E-state index in [4.69, 9.17) is 4.74 Å². The van der Waals surface area contributed by atoms with Crippen LogP contribution in [0.5, 0.6) is 0 Å². The summed E-state index contributed by atoms with van der Waals surface area (Å²) >= 11 is 1.27. The Hall–Kier alpha value is -1.87.